The van der Waals surface area contributed by atoms with E-state index in [2.05, 4.69) is 4.99 Å². The first-order chi connectivity index (χ1) is 12.3. The lowest BCUT2D eigenvalue weighted by Gasteiger charge is -2.14. The zero-order valence-electron chi connectivity index (χ0n) is 15.6. The number of benzene rings is 2. The van der Waals surface area contributed by atoms with E-state index in [9.17, 15) is 8.42 Å². The van der Waals surface area contributed by atoms with Gasteiger partial charge in [0.25, 0.3) is 0 Å². The van der Waals surface area contributed by atoms with Crippen molar-refractivity contribution in [2.45, 2.75) is 11.8 Å². The minimum Gasteiger partial charge on any atom is -0.320 e. The van der Waals surface area contributed by atoms with Gasteiger partial charge in [-0.3, -0.25) is 0 Å². The Bertz CT molecular complexity index is 1100. The van der Waals surface area contributed by atoms with Crippen LogP contribution >= 0.6 is 28.3 Å². The van der Waals surface area contributed by atoms with Crippen LogP contribution in [0.1, 0.15) is 5.56 Å². The summed E-state index contributed by atoms with van der Waals surface area (Å²) in [5.74, 6) is 0. The molecule has 2 aromatic carbocycles. The number of sulfonamides is 1. The van der Waals surface area contributed by atoms with Crippen LogP contribution < -0.4 is 4.80 Å². The van der Waals surface area contributed by atoms with Gasteiger partial charge in [0.2, 0.25) is 10.0 Å². The van der Waals surface area contributed by atoms with Gasteiger partial charge in [0.15, 0.2) is 4.80 Å². The van der Waals surface area contributed by atoms with Gasteiger partial charge < -0.3 is 4.57 Å². The molecule has 1 aromatic heterocycles. The van der Waals surface area contributed by atoms with Gasteiger partial charge in [0, 0.05) is 32.1 Å². The van der Waals surface area contributed by atoms with Crippen LogP contribution in [0.2, 0.25) is 0 Å². The Morgan fingerprint density at radius 3 is 2.37 bits per heavy atom. The average molecular weight is 468 g/mol. The summed E-state index contributed by atoms with van der Waals surface area (Å²) < 4.78 is 28.1. The number of para-hydroxylation sites is 1. The molecule has 0 spiro atoms. The molecule has 8 heteroatoms. The summed E-state index contributed by atoms with van der Waals surface area (Å²) >= 11 is 1.53. The molecule has 27 heavy (non-hydrogen) atoms. The molecule has 0 aliphatic heterocycles. The van der Waals surface area contributed by atoms with Crippen LogP contribution in [0.3, 0.4) is 0 Å². The van der Waals surface area contributed by atoms with Crippen molar-refractivity contribution in [2.24, 2.45) is 12.0 Å². The third kappa shape index (κ3) is 4.40. The number of hydrogen-bond acceptors (Lipinski definition) is 4. The summed E-state index contributed by atoms with van der Waals surface area (Å²) in [6.07, 6.45) is 0. The summed E-state index contributed by atoms with van der Waals surface area (Å²) in [4.78, 5) is 5.81. The Balaban J connectivity index is 0.00000261. The average Bonchev–Trinajstić information content (AvgIpc) is 2.96. The molecule has 3 aromatic rings. The van der Waals surface area contributed by atoms with E-state index in [4.69, 9.17) is 0 Å². The maximum absolute atomic E-state index is 12.5. The van der Waals surface area contributed by atoms with Crippen molar-refractivity contribution in [3.8, 4) is 11.3 Å². The van der Waals surface area contributed by atoms with Crippen molar-refractivity contribution in [3.63, 3.8) is 0 Å². The fraction of sp³-hybridized carbons (Fsp3) is 0.211. The summed E-state index contributed by atoms with van der Waals surface area (Å²) in [5, 5.41) is 2.01. The molecule has 0 aliphatic carbocycles. The van der Waals surface area contributed by atoms with Crippen LogP contribution in [0.15, 0.2) is 63.8 Å². The lowest BCUT2D eigenvalue weighted by atomic mass is 10.1. The Hall–Kier alpha value is -1.74. The number of halogens is 1. The molecule has 0 bridgehead atoms. The number of hydrogen-bond donors (Lipinski definition) is 0. The summed E-state index contributed by atoms with van der Waals surface area (Å²) in [7, 11) is 1.55. The Morgan fingerprint density at radius 2 is 1.74 bits per heavy atom. The first-order valence-electron chi connectivity index (χ1n) is 8.08. The molecular formula is C19H22BrN3O2S2. The smallest absolute Gasteiger partial charge is 0.242 e. The van der Waals surface area contributed by atoms with E-state index in [1.54, 1.807) is 12.1 Å². The van der Waals surface area contributed by atoms with Crippen LogP contribution in [-0.2, 0) is 17.1 Å². The number of nitrogens with zero attached hydrogens (tertiary/aromatic N) is 3. The maximum Gasteiger partial charge on any atom is 0.242 e. The number of aromatic nitrogens is 1. The van der Waals surface area contributed by atoms with Crippen molar-refractivity contribution in [1.29, 1.82) is 0 Å². The Morgan fingerprint density at radius 1 is 1.07 bits per heavy atom. The predicted octanol–water partition coefficient (Wildman–Crippen LogP) is 4.12. The van der Waals surface area contributed by atoms with E-state index in [0.717, 1.165) is 27.3 Å². The third-order valence-corrected chi connectivity index (χ3v) is 6.90. The highest BCUT2D eigenvalue weighted by molar-refractivity contribution is 8.93. The van der Waals surface area contributed by atoms with Gasteiger partial charge in [-0.15, -0.1) is 28.3 Å². The van der Waals surface area contributed by atoms with E-state index in [1.165, 1.54) is 29.7 Å². The highest BCUT2D eigenvalue weighted by Gasteiger charge is 2.19. The molecule has 1 heterocycles. The van der Waals surface area contributed by atoms with Crippen molar-refractivity contribution in [2.75, 3.05) is 14.1 Å². The molecule has 0 N–H and O–H groups in total. The second-order valence-electron chi connectivity index (χ2n) is 6.17. The van der Waals surface area contributed by atoms with Gasteiger partial charge >= 0.3 is 0 Å². The molecule has 0 radical (unpaired) electrons. The molecule has 0 saturated carbocycles. The van der Waals surface area contributed by atoms with Crippen LogP contribution in [-0.4, -0.2) is 31.4 Å². The predicted molar refractivity (Wildman–Crippen MR) is 116 cm³/mol. The minimum atomic E-state index is -3.47. The van der Waals surface area contributed by atoms with Crippen molar-refractivity contribution in [3.05, 3.63) is 64.3 Å². The first kappa shape index (κ1) is 21.6. The van der Waals surface area contributed by atoms with E-state index >= 15 is 0 Å². The highest BCUT2D eigenvalue weighted by Crippen LogP contribution is 2.27. The van der Waals surface area contributed by atoms with Gasteiger partial charge in [0.05, 0.1) is 16.3 Å². The van der Waals surface area contributed by atoms with Crippen molar-refractivity contribution in [1.82, 2.24) is 8.87 Å². The fourth-order valence-corrected chi connectivity index (χ4v) is 4.42. The monoisotopic (exact) mass is 467 g/mol. The molecule has 5 nitrogen and oxygen atoms in total. The molecule has 0 unspecified atom stereocenters. The zero-order valence-corrected chi connectivity index (χ0v) is 18.9. The molecule has 144 valence electrons. The second-order valence-corrected chi connectivity index (χ2v) is 9.16. The van der Waals surface area contributed by atoms with E-state index in [-0.39, 0.29) is 21.9 Å². The quantitative estimate of drug-likeness (QED) is 0.579. The molecule has 0 aliphatic rings. The van der Waals surface area contributed by atoms with Crippen LogP contribution in [0.4, 0.5) is 5.69 Å². The fourth-order valence-electron chi connectivity index (χ4n) is 2.58. The number of aryl methyl sites for hydroxylation is 1. The number of rotatable bonds is 4. The Labute approximate surface area is 174 Å². The van der Waals surface area contributed by atoms with E-state index < -0.39 is 10.0 Å². The van der Waals surface area contributed by atoms with Crippen molar-refractivity contribution < 1.29 is 8.42 Å². The van der Waals surface area contributed by atoms with Gasteiger partial charge in [-0.1, -0.05) is 24.3 Å². The molecule has 0 fully saturated rings. The van der Waals surface area contributed by atoms with Crippen LogP contribution in [0.5, 0.6) is 0 Å². The summed E-state index contributed by atoms with van der Waals surface area (Å²) in [6, 6.07) is 15.0. The second kappa shape index (κ2) is 8.52. The molecule has 0 amide bonds. The van der Waals surface area contributed by atoms with Crippen molar-refractivity contribution >= 4 is 44.0 Å². The van der Waals surface area contributed by atoms with E-state index in [0.29, 0.717) is 0 Å². The SMILES string of the molecule is Br.Cc1ccc(S(=O)(=O)N(C)C)cc1-c1csc(=Nc2ccccc2)n1C. The lowest BCUT2D eigenvalue weighted by molar-refractivity contribution is 0.521. The van der Waals surface area contributed by atoms with Crippen LogP contribution in [0, 0.1) is 6.92 Å². The zero-order chi connectivity index (χ0) is 18.9. The summed E-state index contributed by atoms with van der Waals surface area (Å²) in [6.45, 7) is 1.98. The first-order valence-corrected chi connectivity index (χ1v) is 10.4. The minimum absolute atomic E-state index is 0. The third-order valence-electron chi connectivity index (χ3n) is 4.17. The van der Waals surface area contributed by atoms with Crippen LogP contribution in [0.25, 0.3) is 11.3 Å². The van der Waals surface area contributed by atoms with Gasteiger partial charge in [-0.05, 0) is 36.8 Å². The lowest BCUT2D eigenvalue weighted by Crippen LogP contribution is -2.22. The highest BCUT2D eigenvalue weighted by atomic mass is 79.9. The van der Waals surface area contributed by atoms with Gasteiger partial charge in [-0.25, -0.2) is 17.7 Å². The van der Waals surface area contributed by atoms with E-state index in [1.807, 2.05) is 60.3 Å². The molecule has 3 rings (SSSR count). The molecule has 0 saturated heterocycles. The largest absolute Gasteiger partial charge is 0.320 e. The Kier molecular flexibility index (Phi) is 6.80. The topological polar surface area (TPSA) is 54.7 Å². The maximum atomic E-state index is 12.5. The molecule has 0 atom stereocenters. The molecular weight excluding hydrogens is 446 g/mol. The summed E-state index contributed by atoms with van der Waals surface area (Å²) in [5.41, 5.74) is 3.73. The van der Waals surface area contributed by atoms with Gasteiger partial charge in [-0.2, -0.15) is 0 Å². The van der Waals surface area contributed by atoms with Gasteiger partial charge in [0.1, 0.15) is 0 Å². The standard InChI is InChI=1S/C19H21N3O2S2.BrH/c1-14-10-11-16(26(23,24)21(2)3)12-17(14)18-13-25-19(22(18)4)20-15-8-6-5-7-9-15;/h5-13H,1-4H3;1H. The normalized spacial score (nSPS) is 12.3. The number of thiazole rings is 1.